The van der Waals surface area contributed by atoms with Crippen LogP contribution in [0.4, 0.5) is 0 Å². The minimum Gasteiger partial charge on any atom is -0.389 e. The Morgan fingerprint density at radius 3 is 2.88 bits per heavy atom. The molecule has 0 aromatic heterocycles. The fourth-order valence-corrected chi connectivity index (χ4v) is 2.06. The van der Waals surface area contributed by atoms with Gasteiger partial charge in [0.2, 0.25) is 0 Å². The van der Waals surface area contributed by atoms with Crippen molar-refractivity contribution in [2.24, 2.45) is 0 Å². The van der Waals surface area contributed by atoms with Crippen LogP contribution in [0, 0.1) is 0 Å². The summed E-state index contributed by atoms with van der Waals surface area (Å²) >= 11 is 0. The molecule has 1 aliphatic heterocycles. The van der Waals surface area contributed by atoms with Crippen molar-refractivity contribution >= 4 is 5.78 Å². The van der Waals surface area contributed by atoms with Crippen LogP contribution in [0.5, 0.6) is 0 Å². The molecule has 1 aromatic carbocycles. The van der Waals surface area contributed by atoms with E-state index in [2.05, 4.69) is 0 Å². The van der Waals surface area contributed by atoms with Gasteiger partial charge >= 0.3 is 0 Å². The van der Waals surface area contributed by atoms with Gasteiger partial charge in [0.05, 0.1) is 6.04 Å². The van der Waals surface area contributed by atoms with E-state index in [1.807, 2.05) is 24.3 Å². The number of hydrogen-bond acceptors (Lipinski definition) is 4. The van der Waals surface area contributed by atoms with Gasteiger partial charge in [0, 0.05) is 6.54 Å². The van der Waals surface area contributed by atoms with E-state index in [1.165, 1.54) is 0 Å². The average molecular weight is 221 g/mol. The number of carbonyl (C=O) groups excluding carboxylic acids is 1. The number of aliphatic hydroxyl groups is 2. The summed E-state index contributed by atoms with van der Waals surface area (Å²) < 4.78 is 0. The maximum atomic E-state index is 11.4. The van der Waals surface area contributed by atoms with Crippen molar-refractivity contribution in [3.8, 4) is 0 Å². The van der Waals surface area contributed by atoms with Crippen LogP contribution in [-0.2, 0) is 11.3 Å². The highest BCUT2D eigenvalue weighted by molar-refractivity contribution is 5.84. The summed E-state index contributed by atoms with van der Waals surface area (Å²) in [5.74, 6) is -0.271. The largest absolute Gasteiger partial charge is 0.389 e. The van der Waals surface area contributed by atoms with Gasteiger partial charge in [-0.1, -0.05) is 24.3 Å². The number of carbonyl (C=O) groups is 1. The highest BCUT2D eigenvalue weighted by Crippen LogP contribution is 2.32. The number of ketones is 1. The van der Waals surface area contributed by atoms with Crippen LogP contribution < -0.4 is 0 Å². The van der Waals surface area contributed by atoms with E-state index < -0.39 is 18.9 Å². The number of benzene rings is 1. The van der Waals surface area contributed by atoms with Crippen LogP contribution in [0.2, 0.25) is 0 Å². The zero-order chi connectivity index (χ0) is 11.7. The second-order valence-corrected chi connectivity index (χ2v) is 4.05. The predicted octanol–water partition coefficient (Wildman–Crippen LogP) is 0.443. The monoisotopic (exact) mass is 221 g/mol. The van der Waals surface area contributed by atoms with E-state index >= 15 is 0 Å². The van der Waals surface area contributed by atoms with Crippen molar-refractivity contribution in [1.29, 1.82) is 0 Å². The Morgan fingerprint density at radius 1 is 1.56 bits per heavy atom. The number of fused-ring (bicyclic) bond motifs is 1. The molecular weight excluding hydrogens is 206 g/mol. The normalized spacial score (nSPS) is 21.8. The van der Waals surface area contributed by atoms with E-state index in [9.17, 15) is 9.90 Å². The molecule has 4 heteroatoms. The molecule has 2 N–H and O–H groups in total. The van der Waals surface area contributed by atoms with Gasteiger partial charge in [0.25, 0.3) is 0 Å². The summed E-state index contributed by atoms with van der Waals surface area (Å²) in [4.78, 5) is 13.1. The van der Waals surface area contributed by atoms with Crippen molar-refractivity contribution in [2.45, 2.75) is 25.7 Å². The first-order valence-corrected chi connectivity index (χ1v) is 5.30. The zero-order valence-corrected chi connectivity index (χ0v) is 9.13. The SMILES string of the molecule is C[C@@H](C(=O)CO)N1Cc2ccccc2C1O. The number of rotatable bonds is 3. The third-order valence-electron chi connectivity index (χ3n) is 3.12. The predicted molar refractivity (Wildman–Crippen MR) is 58.5 cm³/mol. The lowest BCUT2D eigenvalue weighted by atomic mass is 10.1. The van der Waals surface area contributed by atoms with Crippen molar-refractivity contribution in [2.75, 3.05) is 6.61 Å². The topological polar surface area (TPSA) is 60.8 Å². The summed E-state index contributed by atoms with van der Waals surface area (Å²) in [5, 5.41) is 18.9. The lowest BCUT2D eigenvalue weighted by Crippen LogP contribution is -2.39. The third-order valence-corrected chi connectivity index (χ3v) is 3.12. The summed E-state index contributed by atoms with van der Waals surface area (Å²) in [6.45, 7) is 1.76. The second kappa shape index (κ2) is 4.33. The van der Waals surface area contributed by atoms with Gasteiger partial charge in [-0.2, -0.15) is 0 Å². The smallest absolute Gasteiger partial charge is 0.175 e. The first-order valence-electron chi connectivity index (χ1n) is 5.30. The molecule has 1 aromatic rings. The van der Waals surface area contributed by atoms with Crippen LogP contribution in [0.15, 0.2) is 24.3 Å². The second-order valence-electron chi connectivity index (χ2n) is 4.05. The van der Waals surface area contributed by atoms with Gasteiger partial charge in [-0.25, -0.2) is 0 Å². The Hall–Kier alpha value is -1.23. The van der Waals surface area contributed by atoms with Crippen LogP contribution in [-0.4, -0.2) is 33.5 Å². The Balaban J connectivity index is 2.21. The molecule has 0 bridgehead atoms. The summed E-state index contributed by atoms with van der Waals surface area (Å²) in [7, 11) is 0. The highest BCUT2D eigenvalue weighted by atomic mass is 16.3. The molecule has 1 aliphatic rings. The first kappa shape index (κ1) is 11.3. The lowest BCUT2D eigenvalue weighted by Gasteiger charge is -2.25. The highest BCUT2D eigenvalue weighted by Gasteiger charge is 2.33. The van der Waals surface area contributed by atoms with Gasteiger partial charge in [-0.15, -0.1) is 0 Å². The molecule has 0 saturated carbocycles. The van der Waals surface area contributed by atoms with Crippen molar-refractivity contribution in [3.05, 3.63) is 35.4 Å². The molecule has 16 heavy (non-hydrogen) atoms. The molecule has 1 unspecified atom stereocenters. The van der Waals surface area contributed by atoms with Crippen molar-refractivity contribution in [3.63, 3.8) is 0 Å². The van der Waals surface area contributed by atoms with Crippen molar-refractivity contribution in [1.82, 2.24) is 4.90 Å². The summed E-state index contributed by atoms with van der Waals surface area (Å²) in [6.07, 6.45) is -0.748. The first-order chi connectivity index (χ1) is 7.65. The Morgan fingerprint density at radius 2 is 2.25 bits per heavy atom. The van der Waals surface area contributed by atoms with Gasteiger partial charge in [0.1, 0.15) is 12.8 Å². The number of nitrogens with zero attached hydrogens (tertiary/aromatic N) is 1. The standard InChI is InChI=1S/C12H15NO3/c1-8(11(15)7-14)13-6-9-4-2-3-5-10(9)12(13)16/h2-5,8,12,14,16H,6-7H2,1H3/t8-,12?/m0/s1. The molecule has 0 spiro atoms. The molecule has 0 aliphatic carbocycles. The molecule has 2 atom stereocenters. The number of hydrogen-bond donors (Lipinski definition) is 2. The maximum absolute atomic E-state index is 11.4. The minimum absolute atomic E-state index is 0.271. The van der Waals surface area contributed by atoms with Gasteiger partial charge in [-0.05, 0) is 18.1 Å². The van der Waals surface area contributed by atoms with Crippen LogP contribution in [0.1, 0.15) is 24.3 Å². The van der Waals surface area contributed by atoms with E-state index in [4.69, 9.17) is 5.11 Å². The van der Waals surface area contributed by atoms with E-state index in [0.29, 0.717) is 6.54 Å². The average Bonchev–Trinajstić information content (AvgIpc) is 2.65. The molecule has 0 amide bonds. The Labute approximate surface area is 94.1 Å². The van der Waals surface area contributed by atoms with E-state index in [0.717, 1.165) is 11.1 Å². The lowest BCUT2D eigenvalue weighted by molar-refractivity contribution is -0.131. The summed E-state index contributed by atoms with van der Waals surface area (Å²) in [5.41, 5.74) is 1.88. The summed E-state index contributed by atoms with van der Waals surface area (Å²) in [6, 6.07) is 7.11. The quantitative estimate of drug-likeness (QED) is 0.777. The molecule has 1 heterocycles. The maximum Gasteiger partial charge on any atom is 0.175 e. The van der Waals surface area contributed by atoms with E-state index in [1.54, 1.807) is 11.8 Å². The fraction of sp³-hybridized carbons (Fsp3) is 0.417. The Kier molecular flexibility index (Phi) is 3.05. The molecule has 0 radical (unpaired) electrons. The van der Waals surface area contributed by atoms with Crippen LogP contribution in [0.3, 0.4) is 0 Å². The van der Waals surface area contributed by atoms with Crippen LogP contribution in [0.25, 0.3) is 0 Å². The molecule has 0 fully saturated rings. The van der Waals surface area contributed by atoms with E-state index in [-0.39, 0.29) is 5.78 Å². The zero-order valence-electron chi connectivity index (χ0n) is 9.13. The van der Waals surface area contributed by atoms with Gasteiger partial charge in [0.15, 0.2) is 5.78 Å². The minimum atomic E-state index is -0.748. The number of aliphatic hydroxyl groups excluding tert-OH is 2. The fourth-order valence-electron chi connectivity index (χ4n) is 2.06. The van der Waals surface area contributed by atoms with Gasteiger partial charge in [-0.3, -0.25) is 9.69 Å². The molecule has 0 saturated heterocycles. The molecule has 2 rings (SSSR count). The van der Waals surface area contributed by atoms with Crippen LogP contribution >= 0.6 is 0 Å². The van der Waals surface area contributed by atoms with Crippen molar-refractivity contribution < 1.29 is 15.0 Å². The molecule has 86 valence electrons. The van der Waals surface area contributed by atoms with Gasteiger partial charge < -0.3 is 10.2 Å². The molecular formula is C12H15NO3. The number of Topliss-reactive ketones (excluding diaryl/α,β-unsaturated/α-hetero) is 1. The molecule has 4 nitrogen and oxygen atoms in total. The third kappa shape index (κ3) is 1.75. The Bertz CT molecular complexity index is 405.